The minimum atomic E-state index is -3.53. The third kappa shape index (κ3) is 3.93. The van der Waals surface area contributed by atoms with Crippen molar-refractivity contribution in [1.82, 2.24) is 4.90 Å². The number of rotatable bonds is 5. The van der Waals surface area contributed by atoms with Crippen LogP contribution in [0.2, 0.25) is 0 Å². The van der Waals surface area contributed by atoms with E-state index in [1.807, 2.05) is 24.3 Å². The molecule has 25 heavy (non-hydrogen) atoms. The SMILES string of the molecule is O=C(CCc1ccccc1Br)N1CC(S(=O)(=O)c2ccc(F)cc2)C1. The normalized spacial score (nSPS) is 15.0. The Labute approximate surface area is 154 Å². The average molecular weight is 426 g/mol. The zero-order valence-corrected chi connectivity index (χ0v) is 15.8. The van der Waals surface area contributed by atoms with Crippen molar-refractivity contribution in [2.75, 3.05) is 13.1 Å². The molecule has 132 valence electrons. The quantitative estimate of drug-likeness (QED) is 0.691. The summed E-state index contributed by atoms with van der Waals surface area (Å²) in [5, 5.41) is -0.620. The van der Waals surface area contributed by atoms with Gasteiger partial charge in [-0.3, -0.25) is 4.79 Å². The van der Waals surface area contributed by atoms with E-state index < -0.39 is 20.9 Å². The molecule has 2 aromatic rings. The monoisotopic (exact) mass is 425 g/mol. The highest BCUT2D eigenvalue weighted by Gasteiger charge is 2.40. The highest BCUT2D eigenvalue weighted by molar-refractivity contribution is 9.10. The summed E-state index contributed by atoms with van der Waals surface area (Å²) in [6.07, 6.45) is 0.943. The van der Waals surface area contributed by atoms with Gasteiger partial charge in [0.25, 0.3) is 0 Å². The molecule has 0 aliphatic carbocycles. The third-order valence-electron chi connectivity index (χ3n) is 4.35. The summed E-state index contributed by atoms with van der Waals surface area (Å²) < 4.78 is 38.8. The topological polar surface area (TPSA) is 54.5 Å². The van der Waals surface area contributed by atoms with E-state index in [4.69, 9.17) is 0 Å². The van der Waals surface area contributed by atoms with E-state index in [2.05, 4.69) is 15.9 Å². The number of amides is 1. The molecule has 0 atom stereocenters. The molecule has 1 fully saturated rings. The fourth-order valence-corrected chi connectivity index (χ4v) is 4.89. The Balaban J connectivity index is 1.55. The Bertz CT molecular complexity index is 877. The number of hydrogen-bond donors (Lipinski definition) is 0. The molecular formula is C18H17BrFNO3S. The number of halogens is 2. The summed E-state index contributed by atoms with van der Waals surface area (Å²) in [5.41, 5.74) is 1.05. The molecule has 0 bridgehead atoms. The van der Waals surface area contributed by atoms with Crippen molar-refractivity contribution in [3.63, 3.8) is 0 Å². The molecule has 4 nitrogen and oxygen atoms in total. The van der Waals surface area contributed by atoms with Gasteiger partial charge in [0.05, 0.1) is 4.90 Å². The average Bonchev–Trinajstić information content (AvgIpc) is 2.53. The molecule has 0 saturated carbocycles. The Hall–Kier alpha value is -1.73. The van der Waals surface area contributed by atoms with Crippen molar-refractivity contribution < 1.29 is 17.6 Å². The Morgan fingerprint density at radius 3 is 2.40 bits per heavy atom. The van der Waals surface area contributed by atoms with Crippen LogP contribution >= 0.6 is 15.9 Å². The van der Waals surface area contributed by atoms with Crippen LogP contribution in [0.4, 0.5) is 4.39 Å². The van der Waals surface area contributed by atoms with Crippen LogP contribution in [0, 0.1) is 5.82 Å². The first-order valence-electron chi connectivity index (χ1n) is 7.88. The molecule has 3 rings (SSSR count). The van der Waals surface area contributed by atoms with Gasteiger partial charge in [-0.15, -0.1) is 0 Å². The number of carbonyl (C=O) groups is 1. The van der Waals surface area contributed by atoms with Gasteiger partial charge in [0.2, 0.25) is 5.91 Å². The van der Waals surface area contributed by atoms with Gasteiger partial charge in [-0.2, -0.15) is 0 Å². The van der Waals surface area contributed by atoms with Crippen LogP contribution in [0.1, 0.15) is 12.0 Å². The van der Waals surface area contributed by atoms with Gasteiger partial charge < -0.3 is 4.90 Å². The summed E-state index contributed by atoms with van der Waals surface area (Å²) in [7, 11) is -3.53. The molecule has 0 radical (unpaired) electrons. The highest BCUT2D eigenvalue weighted by Crippen LogP contribution is 2.25. The number of nitrogens with zero attached hydrogens (tertiary/aromatic N) is 1. The largest absolute Gasteiger partial charge is 0.340 e. The molecule has 1 heterocycles. The van der Waals surface area contributed by atoms with Crippen molar-refractivity contribution in [3.8, 4) is 0 Å². The number of benzene rings is 2. The van der Waals surface area contributed by atoms with Gasteiger partial charge in [-0.05, 0) is 42.3 Å². The zero-order chi connectivity index (χ0) is 18.0. The molecule has 1 saturated heterocycles. The standard InChI is InChI=1S/C18H17BrFNO3S/c19-17-4-2-1-3-13(17)5-10-18(22)21-11-16(12-21)25(23,24)15-8-6-14(20)7-9-15/h1-4,6-9,16H,5,10-12H2. The first kappa shape index (κ1) is 18.1. The molecule has 0 aromatic heterocycles. The predicted octanol–water partition coefficient (Wildman–Crippen LogP) is 3.21. The van der Waals surface area contributed by atoms with Gasteiger partial charge in [0.15, 0.2) is 9.84 Å². The van der Waals surface area contributed by atoms with Gasteiger partial charge in [0, 0.05) is 24.0 Å². The van der Waals surface area contributed by atoms with Crippen LogP contribution in [0.3, 0.4) is 0 Å². The summed E-state index contributed by atoms with van der Waals surface area (Å²) in [6, 6.07) is 12.5. The smallest absolute Gasteiger partial charge is 0.222 e. The number of hydrogen-bond acceptors (Lipinski definition) is 3. The number of sulfone groups is 1. The van der Waals surface area contributed by atoms with E-state index in [1.54, 1.807) is 4.90 Å². The fraction of sp³-hybridized carbons (Fsp3) is 0.278. The van der Waals surface area contributed by atoms with E-state index in [0.717, 1.165) is 22.2 Å². The van der Waals surface area contributed by atoms with Crippen LogP contribution in [-0.4, -0.2) is 37.6 Å². The minimum absolute atomic E-state index is 0.0543. The highest BCUT2D eigenvalue weighted by atomic mass is 79.9. The Kier molecular flexibility index (Phi) is 5.24. The minimum Gasteiger partial charge on any atom is -0.340 e. The Morgan fingerprint density at radius 1 is 1.12 bits per heavy atom. The van der Waals surface area contributed by atoms with Gasteiger partial charge >= 0.3 is 0 Å². The maximum absolute atomic E-state index is 12.9. The molecule has 2 aromatic carbocycles. The summed E-state index contributed by atoms with van der Waals surface area (Å²) in [5.74, 6) is -0.530. The first-order chi connectivity index (χ1) is 11.9. The molecule has 7 heteroatoms. The van der Waals surface area contributed by atoms with E-state index in [0.29, 0.717) is 12.8 Å². The first-order valence-corrected chi connectivity index (χ1v) is 10.2. The van der Waals surface area contributed by atoms with Crippen LogP contribution < -0.4 is 0 Å². The molecule has 1 amide bonds. The van der Waals surface area contributed by atoms with Crippen LogP contribution in [0.5, 0.6) is 0 Å². The van der Waals surface area contributed by atoms with Gasteiger partial charge in [-0.1, -0.05) is 34.1 Å². The second-order valence-electron chi connectivity index (χ2n) is 6.01. The summed E-state index contributed by atoms with van der Waals surface area (Å²) >= 11 is 3.45. The van der Waals surface area contributed by atoms with Gasteiger partial charge in [-0.25, -0.2) is 12.8 Å². The second kappa shape index (κ2) is 7.25. The van der Waals surface area contributed by atoms with Crippen molar-refractivity contribution in [1.29, 1.82) is 0 Å². The summed E-state index contributed by atoms with van der Waals surface area (Å²) in [6.45, 7) is 0.378. The van der Waals surface area contributed by atoms with Crippen LogP contribution in [0.25, 0.3) is 0 Å². The lowest BCUT2D eigenvalue weighted by Gasteiger charge is -2.38. The van der Waals surface area contributed by atoms with E-state index >= 15 is 0 Å². The molecule has 0 unspecified atom stereocenters. The van der Waals surface area contributed by atoms with Gasteiger partial charge in [0.1, 0.15) is 11.1 Å². The lowest BCUT2D eigenvalue weighted by Crippen LogP contribution is -2.56. The second-order valence-corrected chi connectivity index (χ2v) is 9.09. The van der Waals surface area contributed by atoms with E-state index in [1.165, 1.54) is 12.1 Å². The lowest BCUT2D eigenvalue weighted by atomic mass is 10.1. The lowest BCUT2D eigenvalue weighted by molar-refractivity contribution is -0.134. The number of likely N-dealkylation sites (tertiary alicyclic amines) is 1. The fourth-order valence-electron chi connectivity index (χ4n) is 2.76. The van der Waals surface area contributed by atoms with Crippen molar-refractivity contribution in [2.45, 2.75) is 23.0 Å². The Morgan fingerprint density at radius 2 is 1.76 bits per heavy atom. The zero-order valence-electron chi connectivity index (χ0n) is 13.4. The van der Waals surface area contributed by atoms with Crippen molar-refractivity contribution in [3.05, 3.63) is 64.4 Å². The number of aryl methyl sites for hydroxylation is 1. The number of carbonyl (C=O) groups excluding carboxylic acids is 1. The molecule has 0 spiro atoms. The maximum atomic E-state index is 12.9. The van der Waals surface area contributed by atoms with Crippen molar-refractivity contribution >= 4 is 31.7 Å². The third-order valence-corrected chi connectivity index (χ3v) is 7.23. The van der Waals surface area contributed by atoms with E-state index in [9.17, 15) is 17.6 Å². The van der Waals surface area contributed by atoms with Crippen LogP contribution in [-0.2, 0) is 21.1 Å². The van der Waals surface area contributed by atoms with Crippen molar-refractivity contribution in [2.24, 2.45) is 0 Å². The molecular weight excluding hydrogens is 409 g/mol. The molecule has 0 N–H and O–H groups in total. The molecule has 1 aliphatic rings. The van der Waals surface area contributed by atoms with Crippen LogP contribution in [0.15, 0.2) is 57.9 Å². The summed E-state index contributed by atoms with van der Waals surface area (Å²) in [4.78, 5) is 13.9. The molecule has 1 aliphatic heterocycles. The van der Waals surface area contributed by atoms with E-state index in [-0.39, 0.29) is 23.9 Å². The maximum Gasteiger partial charge on any atom is 0.222 e. The predicted molar refractivity (Wildman–Crippen MR) is 96.4 cm³/mol.